The van der Waals surface area contributed by atoms with Crippen LogP contribution in [0.5, 0.6) is 0 Å². The summed E-state index contributed by atoms with van der Waals surface area (Å²) < 4.78 is 9.71. The van der Waals surface area contributed by atoms with E-state index < -0.39 is 23.4 Å². The molecule has 0 unspecified atom stereocenters. The summed E-state index contributed by atoms with van der Waals surface area (Å²) in [6, 6.07) is 2.20. The van der Waals surface area contributed by atoms with Crippen molar-refractivity contribution in [1.82, 2.24) is 0 Å². The lowest BCUT2D eigenvalue weighted by Crippen LogP contribution is -2.17. The molecule has 2 aromatic rings. The van der Waals surface area contributed by atoms with Crippen LogP contribution in [0, 0.1) is 44.7 Å². The second-order valence-electron chi connectivity index (χ2n) is 5.89. The first kappa shape index (κ1) is 18.4. The summed E-state index contributed by atoms with van der Waals surface area (Å²) in [4.78, 5) is 34.2. The van der Waals surface area contributed by atoms with Gasteiger partial charge in [0.25, 0.3) is 0 Å². The third-order valence-corrected chi connectivity index (χ3v) is 4.59. The number of carbonyl (C=O) groups is 2. The number of ether oxygens (including phenoxy) is 1. The summed E-state index contributed by atoms with van der Waals surface area (Å²) in [6.07, 6.45) is 0. The number of rotatable bonds is 5. The highest BCUT2D eigenvalue weighted by atomic mass is 16.7. The molecule has 7 heteroatoms. The molecule has 0 saturated carbocycles. The van der Waals surface area contributed by atoms with Gasteiger partial charge >= 0.3 is 11.9 Å². The van der Waals surface area contributed by atoms with E-state index >= 15 is 0 Å². The van der Waals surface area contributed by atoms with E-state index in [1.54, 1.807) is 0 Å². The summed E-state index contributed by atoms with van der Waals surface area (Å²) in [7, 11) is 0. The van der Waals surface area contributed by atoms with Gasteiger partial charge in [0.05, 0.1) is 6.07 Å². The second kappa shape index (κ2) is 6.88. The van der Waals surface area contributed by atoms with Gasteiger partial charge in [-0.2, -0.15) is 0 Å². The first-order chi connectivity index (χ1) is 11.6. The molecule has 0 spiro atoms. The van der Waals surface area contributed by atoms with Crippen LogP contribution in [-0.4, -0.2) is 23.3 Å². The normalized spacial score (nSPS) is 10.6. The average Bonchev–Trinajstić information content (AvgIpc) is 3.06. The lowest BCUT2D eigenvalue weighted by atomic mass is 9.88. The van der Waals surface area contributed by atoms with Crippen LogP contribution < -0.4 is 0 Å². The number of nitro groups is 1. The van der Waals surface area contributed by atoms with E-state index in [1.165, 1.54) is 0 Å². The van der Waals surface area contributed by atoms with Crippen molar-refractivity contribution in [3.8, 4) is 0 Å². The van der Waals surface area contributed by atoms with Gasteiger partial charge in [-0.05, 0) is 68.5 Å². The molecule has 0 aliphatic carbocycles. The quantitative estimate of drug-likeness (QED) is 0.354. The molecule has 1 aromatic heterocycles. The number of Topliss-reactive ketones (excluding diaryl/α,β-unsaturated/α-hetero) is 1. The maximum absolute atomic E-state index is 12.5. The topological polar surface area (TPSA) is 99.7 Å². The first-order valence-electron chi connectivity index (χ1n) is 7.66. The van der Waals surface area contributed by atoms with Gasteiger partial charge in [-0.15, -0.1) is 0 Å². The summed E-state index contributed by atoms with van der Waals surface area (Å²) in [5, 5.41) is 10.6. The lowest BCUT2D eigenvalue weighted by Gasteiger charge is -2.17. The van der Waals surface area contributed by atoms with Crippen molar-refractivity contribution in [2.45, 2.75) is 34.6 Å². The zero-order valence-corrected chi connectivity index (χ0v) is 14.8. The summed E-state index contributed by atoms with van der Waals surface area (Å²) in [6.45, 7) is 9.16. The number of ketones is 1. The minimum atomic E-state index is -0.919. The van der Waals surface area contributed by atoms with Crippen LogP contribution in [0.4, 0.5) is 5.88 Å². The lowest BCUT2D eigenvalue weighted by molar-refractivity contribution is -0.402. The van der Waals surface area contributed by atoms with Gasteiger partial charge < -0.3 is 9.15 Å². The molecule has 2 rings (SSSR count). The molecular weight excluding hydrogens is 326 g/mol. The molecule has 0 aliphatic rings. The molecule has 25 heavy (non-hydrogen) atoms. The molecule has 0 bridgehead atoms. The molecule has 0 fully saturated rings. The molecule has 132 valence electrons. The minimum Gasteiger partial charge on any atom is -0.451 e. The monoisotopic (exact) mass is 345 g/mol. The zero-order chi connectivity index (χ0) is 18.9. The number of esters is 1. The van der Waals surface area contributed by atoms with E-state index in [4.69, 9.17) is 9.15 Å². The summed E-state index contributed by atoms with van der Waals surface area (Å²) in [5.74, 6) is -2.12. The maximum Gasteiger partial charge on any atom is 0.433 e. The van der Waals surface area contributed by atoms with E-state index in [0.29, 0.717) is 5.56 Å². The molecule has 0 radical (unpaired) electrons. The van der Waals surface area contributed by atoms with Gasteiger partial charge in [0.1, 0.15) is 4.92 Å². The molecule has 1 aromatic carbocycles. The fraction of sp³-hybridized carbons (Fsp3) is 0.333. The predicted molar refractivity (Wildman–Crippen MR) is 90.1 cm³/mol. The van der Waals surface area contributed by atoms with E-state index in [-0.39, 0.29) is 11.5 Å². The Balaban J connectivity index is 2.18. The third kappa shape index (κ3) is 3.45. The van der Waals surface area contributed by atoms with Gasteiger partial charge in [0, 0.05) is 5.56 Å². The third-order valence-electron chi connectivity index (χ3n) is 4.59. The van der Waals surface area contributed by atoms with E-state index in [0.717, 1.165) is 39.9 Å². The van der Waals surface area contributed by atoms with Crippen molar-refractivity contribution in [1.29, 1.82) is 0 Å². The zero-order valence-electron chi connectivity index (χ0n) is 14.8. The first-order valence-corrected chi connectivity index (χ1v) is 7.66. The molecule has 0 atom stereocenters. The number of furan rings is 1. The van der Waals surface area contributed by atoms with E-state index in [2.05, 4.69) is 0 Å². The SMILES string of the molecule is Cc1c(C)c(C)c(C(=O)COC(=O)c2ccc([N+](=O)[O-])o2)c(C)c1C. The van der Waals surface area contributed by atoms with Gasteiger partial charge in [0.2, 0.25) is 11.5 Å². The van der Waals surface area contributed by atoms with Crippen LogP contribution in [0.15, 0.2) is 16.5 Å². The number of nitrogens with zero attached hydrogens (tertiary/aromatic N) is 1. The van der Waals surface area contributed by atoms with Crippen molar-refractivity contribution < 1.29 is 23.7 Å². The van der Waals surface area contributed by atoms with Crippen LogP contribution in [0.3, 0.4) is 0 Å². The average molecular weight is 345 g/mol. The van der Waals surface area contributed by atoms with Crippen molar-refractivity contribution in [3.63, 3.8) is 0 Å². The molecule has 0 N–H and O–H groups in total. The fourth-order valence-corrected chi connectivity index (χ4v) is 2.73. The summed E-state index contributed by atoms with van der Waals surface area (Å²) in [5.41, 5.74) is 5.44. The van der Waals surface area contributed by atoms with Crippen molar-refractivity contribution in [3.05, 3.63) is 61.4 Å². The Morgan fingerprint density at radius 2 is 1.52 bits per heavy atom. The molecule has 0 aliphatic heterocycles. The Kier molecular flexibility index (Phi) is 5.06. The van der Waals surface area contributed by atoms with Gasteiger partial charge in [-0.1, -0.05) is 0 Å². The fourth-order valence-electron chi connectivity index (χ4n) is 2.73. The smallest absolute Gasteiger partial charge is 0.433 e. The highest BCUT2D eigenvalue weighted by Crippen LogP contribution is 2.26. The van der Waals surface area contributed by atoms with Gasteiger partial charge in [-0.3, -0.25) is 14.9 Å². The Morgan fingerprint density at radius 3 is 2.00 bits per heavy atom. The molecule has 7 nitrogen and oxygen atoms in total. The number of benzene rings is 1. The predicted octanol–water partition coefficient (Wildman–Crippen LogP) is 3.77. The number of carbonyl (C=O) groups excluding carboxylic acids is 2. The van der Waals surface area contributed by atoms with E-state index in [9.17, 15) is 19.7 Å². The Labute approximate surface area is 144 Å². The standard InChI is InChI=1S/C18H19NO6/c1-9-10(2)12(4)17(13(5)11(9)3)14(20)8-24-18(21)15-6-7-16(25-15)19(22)23/h6-7H,8H2,1-5H3. The van der Waals surface area contributed by atoms with Crippen LogP contribution in [0.25, 0.3) is 0 Å². The summed E-state index contributed by atoms with van der Waals surface area (Å²) >= 11 is 0. The van der Waals surface area contributed by atoms with Crippen molar-refractivity contribution in [2.24, 2.45) is 0 Å². The maximum atomic E-state index is 12.5. The van der Waals surface area contributed by atoms with Gasteiger partial charge in [-0.25, -0.2) is 4.79 Å². The van der Waals surface area contributed by atoms with Crippen LogP contribution in [-0.2, 0) is 4.74 Å². The molecular formula is C18H19NO6. The van der Waals surface area contributed by atoms with Crippen molar-refractivity contribution in [2.75, 3.05) is 6.61 Å². The Bertz CT molecular complexity index is 849. The van der Waals surface area contributed by atoms with Gasteiger partial charge in [0.15, 0.2) is 6.61 Å². The van der Waals surface area contributed by atoms with Crippen molar-refractivity contribution >= 4 is 17.6 Å². The highest BCUT2D eigenvalue weighted by Gasteiger charge is 2.22. The number of hydrogen-bond acceptors (Lipinski definition) is 6. The Morgan fingerprint density at radius 1 is 1.00 bits per heavy atom. The largest absolute Gasteiger partial charge is 0.451 e. The van der Waals surface area contributed by atoms with Crippen LogP contribution >= 0.6 is 0 Å². The Hall–Kier alpha value is -2.96. The van der Waals surface area contributed by atoms with Crippen LogP contribution in [0.1, 0.15) is 48.7 Å². The second-order valence-corrected chi connectivity index (χ2v) is 5.89. The highest BCUT2D eigenvalue weighted by molar-refractivity contribution is 6.02. The van der Waals surface area contributed by atoms with E-state index in [1.807, 2.05) is 34.6 Å². The molecule has 0 saturated heterocycles. The minimum absolute atomic E-state index is 0.316. The molecule has 1 heterocycles. The molecule has 0 amide bonds. The number of hydrogen-bond donors (Lipinski definition) is 0. The van der Waals surface area contributed by atoms with Crippen LogP contribution in [0.2, 0.25) is 0 Å².